The summed E-state index contributed by atoms with van der Waals surface area (Å²) < 4.78 is 40.9. The topological polar surface area (TPSA) is 92.5 Å². The number of aromatic nitrogens is 2. The first-order valence-corrected chi connectivity index (χ1v) is 8.39. The molecule has 1 N–H and O–H groups in total. The van der Waals surface area contributed by atoms with Crippen LogP contribution in [0.2, 0.25) is 0 Å². The Morgan fingerprint density at radius 1 is 1.25 bits per heavy atom. The van der Waals surface area contributed by atoms with Gasteiger partial charge in [0.05, 0.1) is 17.2 Å². The summed E-state index contributed by atoms with van der Waals surface area (Å²) >= 11 is 0. The van der Waals surface area contributed by atoms with Crippen LogP contribution in [-0.4, -0.2) is 44.8 Å². The lowest BCUT2D eigenvalue weighted by Crippen LogP contribution is -2.35. The van der Waals surface area contributed by atoms with Crippen LogP contribution in [0.3, 0.4) is 0 Å². The minimum Gasteiger partial charge on any atom is -0.481 e. The van der Waals surface area contributed by atoms with E-state index in [1.54, 1.807) is 0 Å². The number of aryl methyl sites for hydroxylation is 1. The summed E-state index contributed by atoms with van der Waals surface area (Å²) in [5.74, 6) is -2.60. The van der Waals surface area contributed by atoms with Gasteiger partial charge in [-0.1, -0.05) is 12.1 Å². The van der Waals surface area contributed by atoms with Gasteiger partial charge in [0, 0.05) is 24.8 Å². The number of alkyl halides is 3. The Hall–Kier alpha value is -3.17. The van der Waals surface area contributed by atoms with Gasteiger partial charge in [-0.3, -0.25) is 14.4 Å². The molecule has 1 aromatic heterocycles. The molecule has 0 saturated carbocycles. The van der Waals surface area contributed by atoms with Gasteiger partial charge in [0.2, 0.25) is 5.43 Å². The number of halogens is 3. The number of likely N-dealkylation sites (tertiary alicyclic amines) is 1. The minimum absolute atomic E-state index is 0.0811. The van der Waals surface area contributed by atoms with Crippen molar-refractivity contribution >= 4 is 11.9 Å². The zero-order valence-electron chi connectivity index (χ0n) is 14.7. The Labute approximate surface area is 157 Å². The fraction of sp³-hybridized carbons (Fsp3) is 0.333. The molecule has 3 rings (SSSR count). The number of hydrogen-bond acceptors (Lipinski definition) is 4. The average molecular weight is 395 g/mol. The molecule has 1 aliphatic heterocycles. The molecule has 0 radical (unpaired) electrons. The van der Waals surface area contributed by atoms with E-state index >= 15 is 0 Å². The molecule has 1 aromatic carbocycles. The van der Waals surface area contributed by atoms with Gasteiger partial charge in [0.15, 0.2) is 5.69 Å². The Morgan fingerprint density at radius 2 is 1.93 bits per heavy atom. The molecule has 0 bridgehead atoms. The Kier molecular flexibility index (Phi) is 4.97. The molecule has 0 spiro atoms. The van der Waals surface area contributed by atoms with Crippen LogP contribution in [0.15, 0.2) is 35.1 Å². The number of aliphatic carboxylic acids is 1. The van der Waals surface area contributed by atoms with Gasteiger partial charge in [-0.2, -0.15) is 18.3 Å². The largest absolute Gasteiger partial charge is 0.481 e. The van der Waals surface area contributed by atoms with E-state index in [0.29, 0.717) is 0 Å². The van der Waals surface area contributed by atoms with E-state index in [0.717, 1.165) is 16.8 Å². The quantitative estimate of drug-likeness (QED) is 0.859. The molecule has 1 fully saturated rings. The van der Waals surface area contributed by atoms with Crippen LogP contribution >= 0.6 is 0 Å². The lowest BCUT2D eigenvalue weighted by atomic mass is 10.1. The highest BCUT2D eigenvalue weighted by molar-refractivity contribution is 5.92. The molecule has 1 atom stereocenters. The molecule has 1 aliphatic rings. The van der Waals surface area contributed by atoms with Gasteiger partial charge in [0.25, 0.3) is 5.91 Å². The molecule has 0 aliphatic carbocycles. The molecular formula is C18H16F3N3O4. The Balaban J connectivity index is 2.05. The number of hydrogen-bond donors (Lipinski definition) is 1. The molecule has 1 saturated heterocycles. The number of carbonyl (C=O) groups is 2. The van der Waals surface area contributed by atoms with Gasteiger partial charge in [-0.15, -0.1) is 0 Å². The maximum absolute atomic E-state index is 13.3. The lowest BCUT2D eigenvalue weighted by molar-refractivity contribution is -0.141. The SMILES string of the molecule is Cc1cc(=O)c(C(=O)N2CCC(C(=O)O)C2)nn1-c1ccccc1C(F)(F)F. The van der Waals surface area contributed by atoms with Crippen molar-refractivity contribution < 1.29 is 27.9 Å². The van der Waals surface area contributed by atoms with Crippen molar-refractivity contribution in [3.05, 3.63) is 57.5 Å². The molecule has 2 aromatic rings. The molecule has 7 nitrogen and oxygen atoms in total. The summed E-state index contributed by atoms with van der Waals surface area (Å²) in [6.45, 7) is 1.46. The van der Waals surface area contributed by atoms with Crippen LogP contribution in [0, 0.1) is 12.8 Å². The summed E-state index contributed by atoms with van der Waals surface area (Å²) in [5, 5.41) is 12.9. The standard InChI is InChI=1S/C18H16F3N3O4/c1-10-8-14(25)15(16(26)23-7-6-11(9-23)17(27)28)22-24(10)13-5-3-2-4-12(13)18(19,20)21/h2-5,8,11H,6-7,9H2,1H3,(H,27,28). The number of benzene rings is 1. The summed E-state index contributed by atoms with van der Waals surface area (Å²) in [6, 6.07) is 5.74. The number of amides is 1. The minimum atomic E-state index is -4.65. The first kappa shape index (κ1) is 19.6. The zero-order chi connectivity index (χ0) is 20.6. The van der Waals surface area contributed by atoms with Crippen LogP contribution in [0.4, 0.5) is 13.2 Å². The van der Waals surface area contributed by atoms with Crippen LogP contribution in [0.1, 0.15) is 28.2 Å². The second-order valence-corrected chi connectivity index (χ2v) is 6.50. The molecule has 1 amide bonds. The summed E-state index contributed by atoms with van der Waals surface area (Å²) in [7, 11) is 0. The fourth-order valence-corrected chi connectivity index (χ4v) is 3.13. The van der Waals surface area contributed by atoms with Crippen LogP contribution in [-0.2, 0) is 11.0 Å². The monoisotopic (exact) mass is 395 g/mol. The van der Waals surface area contributed by atoms with Crippen LogP contribution in [0.5, 0.6) is 0 Å². The van der Waals surface area contributed by atoms with Crippen LogP contribution < -0.4 is 5.43 Å². The number of carboxylic acids is 1. The maximum atomic E-state index is 13.3. The van der Waals surface area contributed by atoms with E-state index in [9.17, 15) is 27.6 Å². The third kappa shape index (κ3) is 3.62. The molecule has 10 heteroatoms. The highest BCUT2D eigenvalue weighted by atomic mass is 19.4. The maximum Gasteiger partial charge on any atom is 0.418 e. The van der Waals surface area contributed by atoms with Gasteiger partial charge in [0.1, 0.15) is 0 Å². The predicted molar refractivity (Wildman–Crippen MR) is 91.2 cm³/mol. The van der Waals surface area contributed by atoms with Crippen LogP contribution in [0.25, 0.3) is 5.69 Å². The number of carbonyl (C=O) groups excluding carboxylic acids is 1. The van der Waals surface area contributed by atoms with Crippen molar-refractivity contribution in [2.45, 2.75) is 19.5 Å². The molecular weight excluding hydrogens is 379 g/mol. The van der Waals surface area contributed by atoms with Crippen molar-refractivity contribution in [3.63, 3.8) is 0 Å². The molecule has 148 valence electrons. The summed E-state index contributed by atoms with van der Waals surface area (Å²) in [6.07, 6.45) is -4.42. The van der Waals surface area contributed by atoms with Gasteiger partial charge < -0.3 is 10.0 Å². The van der Waals surface area contributed by atoms with E-state index in [4.69, 9.17) is 5.11 Å². The van der Waals surface area contributed by atoms with E-state index < -0.39 is 40.7 Å². The second-order valence-electron chi connectivity index (χ2n) is 6.50. The Morgan fingerprint density at radius 3 is 2.54 bits per heavy atom. The van der Waals surface area contributed by atoms with E-state index in [1.165, 1.54) is 30.0 Å². The Bertz CT molecular complexity index is 1000. The third-order valence-corrected chi connectivity index (χ3v) is 4.57. The first-order valence-electron chi connectivity index (χ1n) is 8.39. The number of para-hydroxylation sites is 1. The third-order valence-electron chi connectivity index (χ3n) is 4.57. The molecule has 2 heterocycles. The number of nitrogens with zero attached hydrogens (tertiary/aromatic N) is 3. The van der Waals surface area contributed by atoms with Crippen molar-refractivity contribution in [1.29, 1.82) is 0 Å². The number of carboxylic acid groups (broad SMARTS) is 1. The highest BCUT2D eigenvalue weighted by Gasteiger charge is 2.35. The lowest BCUT2D eigenvalue weighted by Gasteiger charge is -2.18. The van der Waals surface area contributed by atoms with Gasteiger partial charge in [-0.05, 0) is 25.5 Å². The van der Waals surface area contributed by atoms with E-state index in [2.05, 4.69) is 5.10 Å². The van der Waals surface area contributed by atoms with Crippen molar-refractivity contribution in [3.8, 4) is 5.69 Å². The average Bonchev–Trinajstić information content (AvgIpc) is 3.11. The van der Waals surface area contributed by atoms with Crippen molar-refractivity contribution in [2.24, 2.45) is 5.92 Å². The van der Waals surface area contributed by atoms with Gasteiger partial charge >= 0.3 is 12.1 Å². The summed E-state index contributed by atoms with van der Waals surface area (Å²) in [5.41, 5.74) is -2.43. The second kappa shape index (κ2) is 7.10. The fourth-order valence-electron chi connectivity index (χ4n) is 3.13. The number of rotatable bonds is 3. The summed E-state index contributed by atoms with van der Waals surface area (Å²) in [4.78, 5) is 37.1. The van der Waals surface area contributed by atoms with Crippen molar-refractivity contribution in [2.75, 3.05) is 13.1 Å². The van der Waals surface area contributed by atoms with E-state index in [1.807, 2.05) is 0 Å². The predicted octanol–water partition coefficient (Wildman–Crippen LogP) is 2.11. The molecule has 28 heavy (non-hydrogen) atoms. The van der Waals surface area contributed by atoms with Crippen molar-refractivity contribution in [1.82, 2.24) is 14.7 Å². The highest BCUT2D eigenvalue weighted by Crippen LogP contribution is 2.33. The van der Waals surface area contributed by atoms with E-state index in [-0.39, 0.29) is 30.9 Å². The zero-order valence-corrected chi connectivity index (χ0v) is 14.7. The molecule has 1 unspecified atom stereocenters. The smallest absolute Gasteiger partial charge is 0.418 e. The first-order chi connectivity index (χ1) is 13.1. The van der Waals surface area contributed by atoms with Gasteiger partial charge in [-0.25, -0.2) is 4.68 Å². The normalized spacial score (nSPS) is 17.0.